The fraction of sp³-hybridized carbons (Fsp3) is 0.533. The third-order valence-electron chi connectivity index (χ3n) is 3.89. The van der Waals surface area contributed by atoms with E-state index in [0.717, 1.165) is 31.4 Å². The van der Waals surface area contributed by atoms with Crippen molar-refractivity contribution in [2.24, 2.45) is 0 Å². The van der Waals surface area contributed by atoms with Crippen molar-refractivity contribution in [2.45, 2.75) is 43.9 Å². The van der Waals surface area contributed by atoms with Crippen molar-refractivity contribution >= 4 is 5.91 Å². The second-order valence-electron chi connectivity index (χ2n) is 5.66. The van der Waals surface area contributed by atoms with E-state index in [9.17, 15) is 27.5 Å². The average molecular weight is 319 g/mol. The van der Waals surface area contributed by atoms with Gasteiger partial charge in [0.05, 0.1) is 16.7 Å². The lowest BCUT2D eigenvalue weighted by Crippen LogP contribution is -2.44. The zero-order chi connectivity index (χ0) is 16.4. The Morgan fingerprint density at radius 3 is 2.45 bits per heavy atom. The average Bonchev–Trinajstić information content (AvgIpc) is 2.45. The quantitative estimate of drug-likeness (QED) is 0.840. The molecule has 0 saturated heterocycles. The molecule has 1 aromatic rings. The second kappa shape index (κ2) is 6.24. The molecule has 0 spiro atoms. The van der Waals surface area contributed by atoms with Gasteiger partial charge in [-0.15, -0.1) is 0 Å². The molecule has 7 heteroatoms. The van der Waals surface area contributed by atoms with Crippen molar-refractivity contribution < 1.29 is 27.5 Å². The first-order chi connectivity index (χ1) is 10.2. The summed E-state index contributed by atoms with van der Waals surface area (Å²) in [5.41, 5.74) is -3.04. The molecule has 0 aromatic heterocycles. The molecule has 3 nitrogen and oxygen atoms in total. The van der Waals surface area contributed by atoms with Crippen LogP contribution in [0.5, 0.6) is 0 Å². The van der Waals surface area contributed by atoms with Gasteiger partial charge < -0.3 is 10.4 Å². The predicted molar refractivity (Wildman–Crippen MR) is 71.8 cm³/mol. The number of aliphatic hydroxyl groups is 1. The number of hydrogen-bond donors (Lipinski definition) is 2. The summed E-state index contributed by atoms with van der Waals surface area (Å²) in [6.07, 6.45) is -1.19. The van der Waals surface area contributed by atoms with E-state index < -0.39 is 34.6 Å². The second-order valence-corrected chi connectivity index (χ2v) is 5.66. The van der Waals surface area contributed by atoms with Crippen LogP contribution in [-0.4, -0.2) is 23.2 Å². The van der Waals surface area contributed by atoms with Gasteiger partial charge in [0, 0.05) is 6.54 Å². The molecule has 2 N–H and O–H groups in total. The summed E-state index contributed by atoms with van der Waals surface area (Å²) in [7, 11) is 0. The van der Waals surface area contributed by atoms with Crippen molar-refractivity contribution in [2.75, 3.05) is 6.54 Å². The molecule has 1 saturated carbocycles. The van der Waals surface area contributed by atoms with Crippen LogP contribution < -0.4 is 5.32 Å². The van der Waals surface area contributed by atoms with Gasteiger partial charge in [-0.2, -0.15) is 13.2 Å². The van der Waals surface area contributed by atoms with E-state index in [1.807, 2.05) is 0 Å². The van der Waals surface area contributed by atoms with Gasteiger partial charge >= 0.3 is 6.18 Å². The molecule has 0 unspecified atom stereocenters. The van der Waals surface area contributed by atoms with Crippen LogP contribution in [0.1, 0.15) is 48.0 Å². The number of nitrogens with one attached hydrogen (secondary N) is 1. The molecule has 0 radical (unpaired) electrons. The van der Waals surface area contributed by atoms with Crippen LogP contribution in [0.3, 0.4) is 0 Å². The van der Waals surface area contributed by atoms with Crippen LogP contribution in [0.2, 0.25) is 0 Å². The lowest BCUT2D eigenvalue weighted by Gasteiger charge is -2.32. The van der Waals surface area contributed by atoms with Crippen molar-refractivity contribution in [3.8, 4) is 0 Å². The molecule has 2 rings (SSSR count). The van der Waals surface area contributed by atoms with Crippen molar-refractivity contribution in [3.63, 3.8) is 0 Å². The van der Waals surface area contributed by atoms with Crippen molar-refractivity contribution in [1.29, 1.82) is 0 Å². The van der Waals surface area contributed by atoms with Gasteiger partial charge in [0.25, 0.3) is 5.91 Å². The van der Waals surface area contributed by atoms with Gasteiger partial charge in [-0.3, -0.25) is 4.79 Å². The summed E-state index contributed by atoms with van der Waals surface area (Å²) >= 11 is 0. The minimum atomic E-state index is -4.82. The third-order valence-corrected chi connectivity index (χ3v) is 3.89. The third kappa shape index (κ3) is 3.97. The molecule has 1 aliphatic rings. The number of benzene rings is 1. The maximum Gasteiger partial charge on any atom is 0.417 e. The zero-order valence-electron chi connectivity index (χ0n) is 11.8. The van der Waals surface area contributed by atoms with E-state index >= 15 is 0 Å². The molecule has 0 atom stereocenters. The summed E-state index contributed by atoms with van der Waals surface area (Å²) in [5, 5.41) is 12.6. The number of rotatable bonds is 3. The molecule has 1 fully saturated rings. The van der Waals surface area contributed by atoms with Gasteiger partial charge in [-0.25, -0.2) is 4.39 Å². The summed E-state index contributed by atoms with van der Waals surface area (Å²) in [5.74, 6) is -2.03. The smallest absolute Gasteiger partial charge is 0.388 e. The van der Waals surface area contributed by atoms with Crippen LogP contribution >= 0.6 is 0 Å². The van der Waals surface area contributed by atoms with E-state index in [-0.39, 0.29) is 6.54 Å². The molecule has 1 aliphatic carbocycles. The largest absolute Gasteiger partial charge is 0.417 e. The summed E-state index contributed by atoms with van der Waals surface area (Å²) in [4.78, 5) is 12.0. The first kappa shape index (κ1) is 16.7. The number of carbonyl (C=O) groups excluding carboxylic acids is 1. The highest BCUT2D eigenvalue weighted by Crippen LogP contribution is 2.33. The fourth-order valence-electron chi connectivity index (χ4n) is 2.68. The maximum absolute atomic E-state index is 13.0. The number of halogens is 4. The van der Waals surface area contributed by atoms with Gasteiger partial charge in [-0.1, -0.05) is 19.3 Å². The number of amides is 1. The lowest BCUT2D eigenvalue weighted by molar-refractivity contribution is -0.138. The van der Waals surface area contributed by atoms with Crippen LogP contribution in [0.4, 0.5) is 17.6 Å². The molecule has 0 heterocycles. The molecular weight excluding hydrogens is 302 g/mol. The SMILES string of the molecule is O=C(NCC1(O)CCCCC1)c1ccc(F)cc1C(F)(F)F. The highest BCUT2D eigenvalue weighted by Gasteiger charge is 2.36. The van der Waals surface area contributed by atoms with Crippen LogP contribution in [0.15, 0.2) is 18.2 Å². The Labute approximate surface area is 125 Å². The Hall–Kier alpha value is -1.63. The normalized spacial score (nSPS) is 18.0. The summed E-state index contributed by atoms with van der Waals surface area (Å²) < 4.78 is 51.6. The minimum absolute atomic E-state index is 0.111. The topological polar surface area (TPSA) is 49.3 Å². The lowest BCUT2D eigenvalue weighted by atomic mass is 9.85. The predicted octanol–water partition coefficient (Wildman–Crippen LogP) is 3.27. The molecule has 22 heavy (non-hydrogen) atoms. The Kier molecular flexibility index (Phi) is 4.75. The van der Waals surface area contributed by atoms with Gasteiger partial charge in [0.2, 0.25) is 0 Å². The van der Waals surface area contributed by atoms with E-state index in [4.69, 9.17) is 0 Å². The first-order valence-corrected chi connectivity index (χ1v) is 7.09. The Morgan fingerprint density at radius 1 is 1.23 bits per heavy atom. The van der Waals surface area contributed by atoms with Gasteiger partial charge in [0.1, 0.15) is 5.82 Å². The highest BCUT2D eigenvalue weighted by molar-refractivity contribution is 5.95. The maximum atomic E-state index is 13.0. The van der Waals surface area contributed by atoms with E-state index in [2.05, 4.69) is 5.32 Å². The zero-order valence-corrected chi connectivity index (χ0v) is 11.8. The monoisotopic (exact) mass is 319 g/mol. The first-order valence-electron chi connectivity index (χ1n) is 7.09. The Balaban J connectivity index is 2.13. The van der Waals surface area contributed by atoms with Crippen LogP contribution in [0.25, 0.3) is 0 Å². The Morgan fingerprint density at radius 2 is 1.86 bits per heavy atom. The Bertz CT molecular complexity index is 551. The fourth-order valence-corrected chi connectivity index (χ4v) is 2.68. The van der Waals surface area contributed by atoms with E-state index in [0.29, 0.717) is 18.9 Å². The standard InChI is InChI=1S/C15H17F4NO2/c16-10-4-5-11(12(8-10)15(17,18)19)13(21)20-9-14(22)6-2-1-3-7-14/h4-5,8,22H,1-3,6-7,9H2,(H,20,21). The molecule has 0 aliphatic heterocycles. The molecule has 122 valence electrons. The highest BCUT2D eigenvalue weighted by atomic mass is 19.4. The van der Waals surface area contributed by atoms with Crippen LogP contribution in [-0.2, 0) is 6.18 Å². The van der Waals surface area contributed by atoms with Gasteiger partial charge in [-0.05, 0) is 31.0 Å². The van der Waals surface area contributed by atoms with E-state index in [1.165, 1.54) is 0 Å². The molecule has 1 amide bonds. The molecule has 0 bridgehead atoms. The number of alkyl halides is 3. The van der Waals surface area contributed by atoms with Gasteiger partial charge in [0.15, 0.2) is 0 Å². The van der Waals surface area contributed by atoms with Crippen LogP contribution in [0, 0.1) is 5.82 Å². The molecule has 1 aromatic carbocycles. The summed E-state index contributed by atoms with van der Waals surface area (Å²) in [6, 6.07) is 1.90. The van der Waals surface area contributed by atoms with Crippen molar-refractivity contribution in [1.82, 2.24) is 5.32 Å². The summed E-state index contributed by atoms with van der Waals surface area (Å²) in [6.45, 7) is -0.111. The minimum Gasteiger partial charge on any atom is -0.388 e. The number of hydrogen-bond acceptors (Lipinski definition) is 2. The van der Waals surface area contributed by atoms with E-state index in [1.54, 1.807) is 0 Å². The molecular formula is C15H17F4NO2. The number of carbonyl (C=O) groups is 1. The van der Waals surface area contributed by atoms with Crippen molar-refractivity contribution in [3.05, 3.63) is 35.1 Å².